The number of carbonyl (C=O) groups excluding carboxylic acids is 1. The van der Waals surface area contributed by atoms with Crippen LogP contribution < -0.4 is 9.64 Å². The molecule has 1 saturated heterocycles. The van der Waals surface area contributed by atoms with E-state index < -0.39 is 11.7 Å². The van der Waals surface area contributed by atoms with E-state index in [-0.39, 0.29) is 5.91 Å². The lowest BCUT2D eigenvalue weighted by Gasteiger charge is -2.36. The smallest absolute Gasteiger partial charge is 0.416 e. The Kier molecular flexibility index (Phi) is 6.64. The largest absolute Gasteiger partial charge is 0.496 e. The van der Waals surface area contributed by atoms with Crippen LogP contribution in [-0.2, 0) is 19.1 Å². The van der Waals surface area contributed by atoms with Gasteiger partial charge >= 0.3 is 6.18 Å². The Morgan fingerprint density at radius 2 is 1.76 bits per heavy atom. The van der Waals surface area contributed by atoms with Crippen LogP contribution in [0, 0.1) is 13.8 Å². The number of ether oxygens (including phenoxy) is 1. The third kappa shape index (κ3) is 5.04. The molecule has 2 aliphatic rings. The number of hydrogen-bond donors (Lipinski definition) is 0. The minimum atomic E-state index is -4.38. The molecule has 196 valence electrons. The summed E-state index contributed by atoms with van der Waals surface area (Å²) >= 11 is 0. The number of anilines is 1. The van der Waals surface area contributed by atoms with Crippen molar-refractivity contribution in [2.45, 2.75) is 45.3 Å². The van der Waals surface area contributed by atoms with E-state index in [0.717, 1.165) is 48.2 Å². The average Bonchev–Trinajstić information content (AvgIpc) is 3.31. The summed E-state index contributed by atoms with van der Waals surface area (Å²) in [5.41, 5.74) is 3.81. The second-order valence-electron chi connectivity index (χ2n) is 9.95. The van der Waals surface area contributed by atoms with Crippen molar-refractivity contribution >= 4 is 11.6 Å². The highest BCUT2D eigenvalue weighted by Crippen LogP contribution is 2.34. The maximum absolute atomic E-state index is 13.2. The number of benzene rings is 2. The normalized spacial score (nSPS) is 18.1. The van der Waals surface area contributed by atoms with Gasteiger partial charge in [0.05, 0.1) is 12.7 Å². The first kappa shape index (κ1) is 25.2. The fourth-order valence-corrected chi connectivity index (χ4v) is 5.57. The second-order valence-corrected chi connectivity index (χ2v) is 9.95. The van der Waals surface area contributed by atoms with Crippen LogP contribution in [0.5, 0.6) is 5.75 Å². The monoisotopic (exact) mass is 512 g/mol. The molecule has 0 saturated carbocycles. The Labute approximate surface area is 214 Å². The van der Waals surface area contributed by atoms with Gasteiger partial charge in [0.2, 0.25) is 0 Å². The lowest BCUT2D eigenvalue weighted by atomic mass is 9.89. The molecule has 3 aromatic rings. The van der Waals surface area contributed by atoms with Crippen molar-refractivity contribution in [2.75, 3.05) is 38.2 Å². The molecule has 1 amide bonds. The van der Waals surface area contributed by atoms with Gasteiger partial charge in [0, 0.05) is 56.9 Å². The third-order valence-corrected chi connectivity index (χ3v) is 7.48. The number of aromatic nitrogens is 2. The van der Waals surface area contributed by atoms with Crippen LogP contribution in [0.1, 0.15) is 50.9 Å². The molecular weight excluding hydrogens is 481 g/mol. The molecule has 6 nitrogen and oxygen atoms in total. The predicted octanol–water partition coefficient (Wildman–Crippen LogP) is 5.22. The lowest BCUT2D eigenvalue weighted by molar-refractivity contribution is -0.137. The first-order valence-corrected chi connectivity index (χ1v) is 12.6. The molecule has 0 spiro atoms. The van der Waals surface area contributed by atoms with Crippen molar-refractivity contribution in [3.63, 3.8) is 0 Å². The number of nitrogens with zero attached hydrogens (tertiary/aromatic N) is 4. The van der Waals surface area contributed by atoms with E-state index in [9.17, 15) is 18.0 Å². The summed E-state index contributed by atoms with van der Waals surface area (Å²) in [6.45, 7) is 6.70. The van der Waals surface area contributed by atoms with Crippen molar-refractivity contribution < 1.29 is 22.7 Å². The van der Waals surface area contributed by atoms with E-state index in [4.69, 9.17) is 4.74 Å². The van der Waals surface area contributed by atoms with E-state index in [0.29, 0.717) is 43.5 Å². The first-order chi connectivity index (χ1) is 17.6. The Balaban J connectivity index is 1.24. The lowest BCUT2D eigenvalue weighted by Crippen LogP contribution is -2.49. The van der Waals surface area contributed by atoms with Gasteiger partial charge in [-0.3, -0.25) is 4.79 Å². The molecule has 9 heteroatoms. The van der Waals surface area contributed by atoms with Crippen LogP contribution in [0.25, 0.3) is 0 Å². The zero-order valence-electron chi connectivity index (χ0n) is 21.3. The van der Waals surface area contributed by atoms with Gasteiger partial charge in [0.25, 0.3) is 5.91 Å². The van der Waals surface area contributed by atoms with Gasteiger partial charge in [0.15, 0.2) is 0 Å². The molecule has 37 heavy (non-hydrogen) atoms. The van der Waals surface area contributed by atoms with Crippen molar-refractivity contribution in [2.24, 2.45) is 0 Å². The van der Waals surface area contributed by atoms with Crippen LogP contribution >= 0.6 is 0 Å². The molecule has 1 aromatic heterocycles. The average molecular weight is 513 g/mol. The summed E-state index contributed by atoms with van der Waals surface area (Å²) < 4.78 is 46.9. The molecule has 2 aromatic carbocycles. The number of fused-ring (bicyclic) bond motifs is 1. The maximum atomic E-state index is 13.2. The quantitative estimate of drug-likeness (QED) is 0.481. The van der Waals surface area contributed by atoms with E-state index in [1.807, 2.05) is 11.1 Å². The summed E-state index contributed by atoms with van der Waals surface area (Å²) in [6, 6.07) is 9.72. The van der Waals surface area contributed by atoms with Gasteiger partial charge in [-0.2, -0.15) is 13.2 Å². The zero-order chi connectivity index (χ0) is 26.3. The van der Waals surface area contributed by atoms with Crippen LogP contribution in [0.15, 0.2) is 42.6 Å². The topological polar surface area (TPSA) is 50.6 Å². The van der Waals surface area contributed by atoms with Gasteiger partial charge in [-0.05, 0) is 55.2 Å². The highest BCUT2D eigenvalue weighted by atomic mass is 19.4. The SMILES string of the molecule is COc1c(C)cc([C@@H]2CCc3nc(C(=O)N4CCN(c5cccc(C(F)(F)F)c5)CC4)cn3C2)cc1C. The highest BCUT2D eigenvalue weighted by Gasteiger charge is 2.32. The number of carbonyl (C=O) groups is 1. The van der Waals surface area contributed by atoms with E-state index in [1.165, 1.54) is 17.7 Å². The maximum Gasteiger partial charge on any atom is 0.416 e. The van der Waals surface area contributed by atoms with E-state index in [1.54, 1.807) is 18.1 Å². The molecule has 0 radical (unpaired) electrons. The molecule has 0 aliphatic carbocycles. The summed E-state index contributed by atoms with van der Waals surface area (Å²) in [5.74, 6) is 2.05. The number of amides is 1. The Hall–Kier alpha value is -3.49. The van der Waals surface area contributed by atoms with Gasteiger partial charge in [-0.15, -0.1) is 0 Å². The molecule has 3 heterocycles. The van der Waals surface area contributed by atoms with Crippen molar-refractivity contribution in [1.29, 1.82) is 0 Å². The number of rotatable bonds is 4. The van der Waals surface area contributed by atoms with E-state index >= 15 is 0 Å². The zero-order valence-corrected chi connectivity index (χ0v) is 21.3. The fraction of sp³-hybridized carbons (Fsp3) is 0.429. The molecule has 1 fully saturated rings. The fourth-order valence-electron chi connectivity index (χ4n) is 5.57. The predicted molar refractivity (Wildman–Crippen MR) is 135 cm³/mol. The number of piperazine rings is 1. The minimum absolute atomic E-state index is 0.127. The molecule has 0 bridgehead atoms. The second kappa shape index (κ2) is 9.76. The molecule has 2 aliphatic heterocycles. The Morgan fingerprint density at radius 3 is 2.41 bits per heavy atom. The number of methoxy groups -OCH3 is 1. The number of hydrogen-bond acceptors (Lipinski definition) is 4. The summed E-state index contributed by atoms with van der Waals surface area (Å²) in [4.78, 5) is 21.5. The van der Waals surface area contributed by atoms with E-state index in [2.05, 4.69) is 35.5 Å². The van der Waals surface area contributed by atoms with Crippen molar-refractivity contribution in [1.82, 2.24) is 14.5 Å². The molecular formula is C28H31F3N4O2. The standard InChI is InChI=1S/C28H31F3N4O2/c1-18-13-21(14-19(2)26(18)37-3)20-7-8-25-32-24(17-35(25)16-20)27(36)34-11-9-33(10-12-34)23-6-4-5-22(15-23)28(29,30)31/h4-6,13-15,17,20H,7-12,16H2,1-3H3/t20-/m1/s1. The molecule has 1 atom stereocenters. The number of halogens is 3. The van der Waals surface area contributed by atoms with Crippen molar-refractivity contribution in [3.05, 3.63) is 76.4 Å². The Morgan fingerprint density at radius 1 is 1.05 bits per heavy atom. The minimum Gasteiger partial charge on any atom is -0.496 e. The number of alkyl halides is 3. The molecule has 0 N–H and O–H groups in total. The first-order valence-electron chi connectivity index (χ1n) is 12.6. The van der Waals surface area contributed by atoms with Gasteiger partial charge in [0.1, 0.15) is 17.3 Å². The molecule has 5 rings (SSSR count). The summed E-state index contributed by atoms with van der Waals surface area (Å²) in [7, 11) is 1.69. The molecule has 0 unspecified atom stereocenters. The number of aryl methyl sites for hydroxylation is 3. The summed E-state index contributed by atoms with van der Waals surface area (Å²) in [5, 5.41) is 0. The summed E-state index contributed by atoms with van der Waals surface area (Å²) in [6.07, 6.45) is -0.763. The van der Waals surface area contributed by atoms with Crippen LogP contribution in [0.2, 0.25) is 0 Å². The Bertz CT molecular complexity index is 1290. The van der Waals surface area contributed by atoms with Crippen molar-refractivity contribution in [3.8, 4) is 5.75 Å². The van der Waals surface area contributed by atoms with Crippen LogP contribution in [0.3, 0.4) is 0 Å². The number of imidazole rings is 1. The van der Waals surface area contributed by atoms with Crippen LogP contribution in [0.4, 0.5) is 18.9 Å². The van der Waals surface area contributed by atoms with Gasteiger partial charge in [-0.1, -0.05) is 18.2 Å². The van der Waals surface area contributed by atoms with Gasteiger partial charge in [-0.25, -0.2) is 4.98 Å². The highest BCUT2D eigenvalue weighted by molar-refractivity contribution is 5.92. The van der Waals surface area contributed by atoms with Crippen LogP contribution in [-0.4, -0.2) is 53.6 Å². The van der Waals surface area contributed by atoms with Gasteiger partial charge < -0.3 is 19.1 Å². The third-order valence-electron chi connectivity index (χ3n) is 7.48.